The Labute approximate surface area is 129 Å². The van der Waals surface area contributed by atoms with Crippen molar-refractivity contribution in [2.24, 2.45) is 5.16 Å². The van der Waals surface area contributed by atoms with Crippen molar-refractivity contribution in [3.05, 3.63) is 11.1 Å². The molecule has 0 saturated carbocycles. The van der Waals surface area contributed by atoms with Crippen LogP contribution in [0.15, 0.2) is 10.5 Å². The van der Waals surface area contributed by atoms with Crippen molar-refractivity contribution < 1.29 is 23.9 Å². The van der Waals surface area contributed by atoms with E-state index in [4.69, 9.17) is 10.6 Å². The minimum Gasteiger partial charge on any atom is -0.398 e. The summed E-state index contributed by atoms with van der Waals surface area (Å²) >= 11 is 1.14. The quantitative estimate of drug-likeness (QED) is 0.261. The maximum Gasteiger partial charge on any atom is 0.527 e. The van der Waals surface area contributed by atoms with Gasteiger partial charge in [-0.05, 0) is 4.57 Å². The molecule has 22 heavy (non-hydrogen) atoms. The van der Waals surface area contributed by atoms with Gasteiger partial charge in [-0.1, -0.05) is 5.16 Å². The Kier molecular flexibility index (Phi) is 5.01. The number of thiazole rings is 1. The summed E-state index contributed by atoms with van der Waals surface area (Å²) < 4.78 is 10.7. The second-order valence-electron chi connectivity index (χ2n) is 4.27. The number of nitrogens with zero attached hydrogens (tertiary/aromatic N) is 3. The van der Waals surface area contributed by atoms with E-state index >= 15 is 0 Å². The molecule has 0 aromatic carbocycles. The predicted octanol–water partition coefficient (Wildman–Crippen LogP) is -0.905. The summed E-state index contributed by atoms with van der Waals surface area (Å²) in [5, 5.41) is 7.87. The Morgan fingerprint density at radius 2 is 2.50 bits per heavy atom. The van der Waals surface area contributed by atoms with Crippen LogP contribution in [0.3, 0.4) is 0 Å². The van der Waals surface area contributed by atoms with Crippen LogP contribution in [0.5, 0.6) is 0 Å². The smallest absolute Gasteiger partial charge is 0.398 e. The van der Waals surface area contributed by atoms with Crippen molar-refractivity contribution in [1.82, 2.24) is 15.2 Å². The lowest BCUT2D eigenvalue weighted by Gasteiger charge is -2.35. The van der Waals surface area contributed by atoms with Gasteiger partial charge in [-0.25, -0.2) is 4.98 Å². The topological polar surface area (TPSA) is 147 Å². The molecule has 118 valence electrons. The second-order valence-corrected chi connectivity index (χ2v) is 6.15. The number of rotatable bonds is 6. The van der Waals surface area contributed by atoms with Crippen LogP contribution >= 0.6 is 19.4 Å². The first kappa shape index (κ1) is 16.3. The number of β-lactam (4-membered cyclic amide) rings is 1. The average Bonchev–Trinajstić information content (AvgIpc) is 2.88. The van der Waals surface area contributed by atoms with Crippen LogP contribution in [0.4, 0.5) is 5.13 Å². The minimum absolute atomic E-state index is 0.102. The first-order valence-electron chi connectivity index (χ1n) is 5.98. The third-order valence-corrected chi connectivity index (χ3v) is 4.03. The van der Waals surface area contributed by atoms with Crippen molar-refractivity contribution in [2.75, 3.05) is 25.7 Å². The molecular weight excluding hydrogens is 333 g/mol. The third kappa shape index (κ3) is 3.56. The van der Waals surface area contributed by atoms with Crippen molar-refractivity contribution in [3.8, 4) is 0 Å². The van der Waals surface area contributed by atoms with Crippen LogP contribution in [0.2, 0.25) is 0 Å². The maximum atomic E-state index is 12.1. The van der Waals surface area contributed by atoms with Gasteiger partial charge >= 0.3 is 8.03 Å². The van der Waals surface area contributed by atoms with Crippen LogP contribution in [0.1, 0.15) is 5.69 Å². The molecule has 1 aliphatic rings. The van der Waals surface area contributed by atoms with E-state index in [1.165, 1.54) is 17.4 Å². The van der Waals surface area contributed by atoms with Crippen molar-refractivity contribution >= 4 is 42.0 Å². The molecule has 2 amide bonds. The van der Waals surface area contributed by atoms with E-state index in [2.05, 4.69) is 20.3 Å². The van der Waals surface area contributed by atoms with Gasteiger partial charge in [0.25, 0.3) is 12.2 Å². The number of likely N-dealkylation sites (tertiary alicyclic amines) is 1. The molecule has 10 nitrogen and oxygen atoms in total. The summed E-state index contributed by atoms with van der Waals surface area (Å²) in [6.07, 6.45) is -0.248. The molecule has 0 aliphatic carbocycles. The first-order chi connectivity index (χ1) is 10.4. The highest BCUT2D eigenvalue weighted by Gasteiger charge is 2.42. The fraction of sp³-hybridized carbons (Fsp3) is 0.400. The molecule has 2 unspecified atom stereocenters. The van der Waals surface area contributed by atoms with Crippen LogP contribution in [0, 0.1) is 0 Å². The lowest BCUT2D eigenvalue weighted by atomic mass is 10.1. The Balaban J connectivity index is 2.00. The fourth-order valence-corrected chi connectivity index (χ4v) is 2.89. The Bertz CT molecular complexity index is 647. The normalized spacial score (nSPS) is 18.7. The SMILES string of the molecule is CON=C(C(=O)NC1CN(C[P+](=O)O)C1=O)c1csc(N)n1. The van der Waals surface area contributed by atoms with E-state index in [0.717, 1.165) is 11.3 Å². The number of anilines is 1. The lowest BCUT2D eigenvalue weighted by molar-refractivity contribution is -0.144. The molecule has 12 heteroatoms. The number of nitrogens with one attached hydrogen (secondary N) is 1. The number of carbonyl (C=O) groups excluding carboxylic acids is 2. The molecule has 0 radical (unpaired) electrons. The molecule has 0 bridgehead atoms. The molecular formula is C10H13N5O5PS+. The summed E-state index contributed by atoms with van der Waals surface area (Å²) in [5.74, 6) is -1.07. The molecule has 1 aromatic heterocycles. The van der Waals surface area contributed by atoms with E-state index < -0.39 is 25.9 Å². The van der Waals surface area contributed by atoms with Crippen molar-refractivity contribution in [1.29, 1.82) is 0 Å². The number of nitrogen functional groups attached to an aromatic ring is 1. The van der Waals surface area contributed by atoms with E-state index in [0.29, 0.717) is 0 Å². The zero-order valence-electron chi connectivity index (χ0n) is 11.4. The van der Waals surface area contributed by atoms with Gasteiger partial charge in [0.2, 0.25) is 5.91 Å². The van der Waals surface area contributed by atoms with Gasteiger partial charge in [-0.3, -0.25) is 14.5 Å². The summed E-state index contributed by atoms with van der Waals surface area (Å²) in [7, 11) is -1.16. The highest BCUT2D eigenvalue weighted by atomic mass is 32.1. The molecule has 1 aromatic rings. The van der Waals surface area contributed by atoms with Crippen molar-refractivity contribution in [3.63, 3.8) is 0 Å². The molecule has 1 saturated heterocycles. The van der Waals surface area contributed by atoms with Crippen LogP contribution in [0.25, 0.3) is 0 Å². The molecule has 0 spiro atoms. The number of amides is 2. The van der Waals surface area contributed by atoms with Crippen molar-refractivity contribution in [2.45, 2.75) is 6.04 Å². The first-order valence-corrected chi connectivity index (χ1v) is 8.25. The van der Waals surface area contributed by atoms with Gasteiger partial charge < -0.3 is 15.9 Å². The average molecular weight is 346 g/mol. The molecule has 1 aliphatic heterocycles. The van der Waals surface area contributed by atoms with E-state index in [9.17, 15) is 14.2 Å². The van der Waals surface area contributed by atoms with Crippen LogP contribution in [-0.4, -0.2) is 58.3 Å². The van der Waals surface area contributed by atoms with Crippen LogP contribution < -0.4 is 11.1 Å². The Hall–Kier alpha value is -2.10. The van der Waals surface area contributed by atoms with Gasteiger partial charge in [0.1, 0.15) is 18.8 Å². The summed E-state index contributed by atoms with van der Waals surface area (Å²) in [6, 6.07) is -0.763. The summed E-state index contributed by atoms with van der Waals surface area (Å²) in [5.41, 5.74) is 5.64. The Morgan fingerprint density at radius 1 is 1.77 bits per heavy atom. The maximum absolute atomic E-state index is 12.1. The number of aromatic nitrogens is 1. The van der Waals surface area contributed by atoms with E-state index in [-0.39, 0.29) is 29.4 Å². The predicted molar refractivity (Wildman–Crippen MR) is 78.4 cm³/mol. The van der Waals surface area contributed by atoms with Gasteiger partial charge in [0.05, 0.1) is 6.54 Å². The molecule has 1 fully saturated rings. The van der Waals surface area contributed by atoms with E-state index in [1.54, 1.807) is 0 Å². The highest BCUT2D eigenvalue weighted by Crippen LogP contribution is 2.21. The van der Waals surface area contributed by atoms with Crippen LogP contribution in [-0.2, 0) is 19.0 Å². The summed E-state index contributed by atoms with van der Waals surface area (Å²) in [6.45, 7) is 0.158. The molecule has 2 rings (SSSR count). The standard InChI is InChI=1S/C10H12N5O5PS/c1-20-14-7(6-3-22-10(11)13-6)8(16)12-5-2-15(9(5)17)4-21(18)19/h3,5H,2,4H2,1H3,(H3-,11,12,13,16,18,19)/p+1. The third-order valence-electron chi connectivity index (χ3n) is 2.77. The largest absolute Gasteiger partial charge is 0.527 e. The fourth-order valence-electron chi connectivity index (χ4n) is 1.80. The molecule has 2 heterocycles. The summed E-state index contributed by atoms with van der Waals surface area (Å²) in [4.78, 5) is 42.3. The second kappa shape index (κ2) is 6.77. The van der Waals surface area contributed by atoms with Gasteiger partial charge in [-0.2, -0.15) is 4.89 Å². The zero-order valence-corrected chi connectivity index (χ0v) is 13.1. The molecule has 2 atom stereocenters. The van der Waals surface area contributed by atoms with E-state index in [1.807, 2.05) is 0 Å². The number of nitrogens with two attached hydrogens (primary N) is 1. The number of hydrogen-bond donors (Lipinski definition) is 3. The number of hydrogen-bond acceptors (Lipinski definition) is 8. The zero-order chi connectivity index (χ0) is 16.3. The number of carbonyl (C=O) groups is 2. The Morgan fingerprint density at radius 3 is 3.00 bits per heavy atom. The van der Waals surface area contributed by atoms with Gasteiger partial charge in [0, 0.05) is 5.38 Å². The molecule has 4 N–H and O–H groups in total. The van der Waals surface area contributed by atoms with Gasteiger partial charge in [-0.15, -0.1) is 11.3 Å². The highest BCUT2D eigenvalue weighted by molar-refractivity contribution is 7.37. The minimum atomic E-state index is -2.44. The monoisotopic (exact) mass is 346 g/mol. The lowest BCUT2D eigenvalue weighted by Crippen LogP contribution is -2.64. The van der Waals surface area contributed by atoms with Gasteiger partial charge in [0.15, 0.2) is 10.8 Å². The number of oxime groups is 1.